The van der Waals surface area contributed by atoms with E-state index in [1.165, 1.54) is 40.4 Å². The van der Waals surface area contributed by atoms with E-state index in [-0.39, 0.29) is 5.91 Å². The van der Waals surface area contributed by atoms with E-state index in [2.05, 4.69) is 54.7 Å². The maximum absolute atomic E-state index is 12.4. The molecular weight excluding hydrogens is 414 g/mol. The molecule has 1 aliphatic carbocycles. The molecule has 1 fully saturated rings. The fourth-order valence-electron chi connectivity index (χ4n) is 3.65. The highest BCUT2D eigenvalue weighted by atomic mass is 32.2. The Bertz CT molecular complexity index is 1140. The predicted molar refractivity (Wildman–Crippen MR) is 121 cm³/mol. The lowest BCUT2D eigenvalue weighted by Crippen LogP contribution is -2.27. The normalized spacial score (nSPS) is 13.7. The second kappa shape index (κ2) is 8.65. The fourth-order valence-corrected chi connectivity index (χ4v) is 5.21. The smallest absolute Gasteiger partial charge is 0.230 e. The molecule has 6 nitrogen and oxygen atoms in total. The van der Waals surface area contributed by atoms with Gasteiger partial charge in [-0.3, -0.25) is 4.79 Å². The Hall–Kier alpha value is -2.58. The summed E-state index contributed by atoms with van der Waals surface area (Å²) in [6.45, 7) is 0.625. The molecule has 30 heavy (non-hydrogen) atoms. The van der Waals surface area contributed by atoms with E-state index in [0.29, 0.717) is 18.3 Å². The first kappa shape index (κ1) is 19.4. The Morgan fingerprint density at radius 1 is 1.23 bits per heavy atom. The Morgan fingerprint density at radius 3 is 2.97 bits per heavy atom. The van der Waals surface area contributed by atoms with Crippen LogP contribution in [-0.2, 0) is 17.6 Å². The molecule has 5 rings (SSSR count). The van der Waals surface area contributed by atoms with Gasteiger partial charge in [-0.25, -0.2) is 0 Å². The number of aromatic amines is 1. The van der Waals surface area contributed by atoms with Crippen molar-refractivity contribution in [2.24, 2.45) is 0 Å². The Labute approximate surface area is 183 Å². The average molecular weight is 438 g/mol. The van der Waals surface area contributed by atoms with Gasteiger partial charge >= 0.3 is 0 Å². The third-order valence-electron chi connectivity index (χ3n) is 5.28. The van der Waals surface area contributed by atoms with Crippen molar-refractivity contribution in [1.82, 2.24) is 25.1 Å². The van der Waals surface area contributed by atoms with Crippen LogP contribution in [0.3, 0.4) is 0 Å². The van der Waals surface area contributed by atoms with Crippen molar-refractivity contribution in [3.8, 4) is 0 Å². The number of H-pyrrole nitrogens is 1. The SMILES string of the molecule is O=C(CSc1nnc(Cc2cccs2)n1C1CC1)NCCc1c[nH]c2ccccc12. The maximum Gasteiger partial charge on any atom is 0.230 e. The zero-order valence-corrected chi connectivity index (χ0v) is 18.1. The van der Waals surface area contributed by atoms with Crippen LogP contribution in [0.5, 0.6) is 0 Å². The Morgan fingerprint density at radius 2 is 2.13 bits per heavy atom. The first-order valence-corrected chi connectivity index (χ1v) is 12.0. The minimum Gasteiger partial charge on any atom is -0.361 e. The number of hydrogen-bond donors (Lipinski definition) is 2. The van der Waals surface area contributed by atoms with Gasteiger partial charge in [0.2, 0.25) is 5.91 Å². The number of rotatable bonds is 9. The fraction of sp³-hybridized carbons (Fsp3) is 0.318. The molecule has 0 aliphatic heterocycles. The third kappa shape index (κ3) is 4.29. The monoisotopic (exact) mass is 437 g/mol. The van der Waals surface area contributed by atoms with Crippen LogP contribution in [0.15, 0.2) is 53.1 Å². The van der Waals surface area contributed by atoms with E-state index < -0.39 is 0 Å². The van der Waals surface area contributed by atoms with Gasteiger partial charge in [-0.05, 0) is 42.3 Å². The maximum atomic E-state index is 12.4. The van der Waals surface area contributed by atoms with Crippen LogP contribution >= 0.6 is 23.1 Å². The summed E-state index contributed by atoms with van der Waals surface area (Å²) in [5, 5.41) is 16.0. The molecule has 1 aromatic carbocycles. The van der Waals surface area contributed by atoms with Gasteiger partial charge in [0.1, 0.15) is 5.82 Å². The molecule has 3 aromatic heterocycles. The molecular formula is C22H23N5OS2. The zero-order valence-electron chi connectivity index (χ0n) is 16.5. The molecule has 2 N–H and O–H groups in total. The molecule has 8 heteroatoms. The zero-order chi connectivity index (χ0) is 20.3. The number of thiophene rings is 1. The van der Waals surface area contributed by atoms with Crippen LogP contribution in [0.2, 0.25) is 0 Å². The number of nitrogens with zero attached hydrogens (tertiary/aromatic N) is 3. The minimum absolute atomic E-state index is 0.0324. The van der Waals surface area contributed by atoms with E-state index >= 15 is 0 Å². The number of carbonyl (C=O) groups excluding carboxylic acids is 1. The molecule has 0 unspecified atom stereocenters. The van der Waals surface area contributed by atoms with Crippen LogP contribution in [-0.4, -0.2) is 38.0 Å². The summed E-state index contributed by atoms with van der Waals surface area (Å²) in [6.07, 6.45) is 5.97. The number of aromatic nitrogens is 4. The molecule has 1 amide bonds. The van der Waals surface area contributed by atoms with Gasteiger partial charge in [0.05, 0.1) is 5.75 Å². The second-order valence-electron chi connectivity index (χ2n) is 7.50. The van der Waals surface area contributed by atoms with Crippen molar-refractivity contribution in [1.29, 1.82) is 0 Å². The molecule has 154 valence electrons. The topological polar surface area (TPSA) is 75.6 Å². The lowest BCUT2D eigenvalue weighted by molar-refractivity contribution is -0.118. The molecule has 0 atom stereocenters. The first-order chi connectivity index (χ1) is 14.8. The number of para-hydroxylation sites is 1. The molecule has 3 heterocycles. The number of thioether (sulfide) groups is 1. The number of hydrogen-bond acceptors (Lipinski definition) is 5. The van der Waals surface area contributed by atoms with Crippen LogP contribution < -0.4 is 5.32 Å². The lowest BCUT2D eigenvalue weighted by atomic mass is 10.1. The van der Waals surface area contributed by atoms with Crippen LogP contribution in [0.1, 0.15) is 35.1 Å². The molecule has 0 saturated heterocycles. The molecule has 4 aromatic rings. The Balaban J connectivity index is 1.15. The van der Waals surface area contributed by atoms with Gasteiger partial charge in [-0.1, -0.05) is 36.0 Å². The summed E-state index contributed by atoms with van der Waals surface area (Å²) in [4.78, 5) is 16.9. The van der Waals surface area contributed by atoms with Gasteiger partial charge in [-0.2, -0.15) is 0 Å². The Kier molecular flexibility index (Phi) is 5.59. The molecule has 0 spiro atoms. The minimum atomic E-state index is 0.0324. The van der Waals surface area contributed by atoms with E-state index in [1.54, 1.807) is 11.3 Å². The summed E-state index contributed by atoms with van der Waals surface area (Å²) < 4.78 is 2.24. The molecule has 0 radical (unpaired) electrons. The highest BCUT2D eigenvalue weighted by Gasteiger charge is 2.29. The van der Waals surface area contributed by atoms with E-state index in [1.807, 2.05) is 18.3 Å². The summed E-state index contributed by atoms with van der Waals surface area (Å²) in [6, 6.07) is 12.9. The first-order valence-electron chi connectivity index (χ1n) is 10.2. The van der Waals surface area contributed by atoms with Crippen molar-refractivity contribution in [2.75, 3.05) is 12.3 Å². The molecule has 1 aliphatic rings. The summed E-state index contributed by atoms with van der Waals surface area (Å²) in [7, 11) is 0. The predicted octanol–water partition coefficient (Wildman–Crippen LogP) is 4.20. The van der Waals surface area contributed by atoms with Gasteiger partial charge in [-0.15, -0.1) is 21.5 Å². The number of fused-ring (bicyclic) bond motifs is 1. The quantitative estimate of drug-likeness (QED) is 0.385. The number of carbonyl (C=O) groups is 1. The lowest BCUT2D eigenvalue weighted by Gasteiger charge is -2.08. The van der Waals surface area contributed by atoms with Crippen molar-refractivity contribution in [2.45, 2.75) is 36.9 Å². The van der Waals surface area contributed by atoms with Gasteiger partial charge < -0.3 is 14.9 Å². The summed E-state index contributed by atoms with van der Waals surface area (Å²) in [5.41, 5.74) is 2.36. The summed E-state index contributed by atoms with van der Waals surface area (Å²) in [5.74, 6) is 1.39. The van der Waals surface area contributed by atoms with E-state index in [9.17, 15) is 4.79 Å². The van der Waals surface area contributed by atoms with E-state index in [0.717, 1.165) is 29.3 Å². The molecule has 1 saturated carbocycles. The van der Waals surface area contributed by atoms with Crippen molar-refractivity contribution >= 4 is 39.9 Å². The standard InChI is InChI=1S/C22H23N5OS2/c28-21(23-10-9-15-13-24-19-6-2-1-5-18(15)19)14-30-22-26-25-20(27(22)16-7-8-16)12-17-4-3-11-29-17/h1-6,11,13,16,24H,7-10,12,14H2,(H,23,28). The van der Waals surface area contributed by atoms with Crippen molar-refractivity contribution in [3.63, 3.8) is 0 Å². The third-order valence-corrected chi connectivity index (χ3v) is 7.10. The number of nitrogens with one attached hydrogen (secondary N) is 2. The average Bonchev–Trinajstić information content (AvgIpc) is 3.15. The van der Waals surface area contributed by atoms with Crippen LogP contribution in [0.4, 0.5) is 0 Å². The van der Waals surface area contributed by atoms with Gasteiger partial charge in [0.15, 0.2) is 5.16 Å². The summed E-state index contributed by atoms with van der Waals surface area (Å²) >= 11 is 3.22. The van der Waals surface area contributed by atoms with Gasteiger partial charge in [0.25, 0.3) is 0 Å². The van der Waals surface area contributed by atoms with E-state index in [4.69, 9.17) is 0 Å². The van der Waals surface area contributed by atoms with Crippen LogP contribution in [0, 0.1) is 0 Å². The second-order valence-corrected chi connectivity index (χ2v) is 9.48. The van der Waals surface area contributed by atoms with Crippen molar-refractivity contribution < 1.29 is 4.79 Å². The van der Waals surface area contributed by atoms with Crippen molar-refractivity contribution in [3.05, 3.63) is 64.2 Å². The van der Waals surface area contributed by atoms with Crippen LogP contribution in [0.25, 0.3) is 10.9 Å². The molecule has 0 bridgehead atoms. The number of amides is 1. The highest BCUT2D eigenvalue weighted by Crippen LogP contribution is 2.39. The number of benzene rings is 1. The highest BCUT2D eigenvalue weighted by molar-refractivity contribution is 7.99. The largest absolute Gasteiger partial charge is 0.361 e. The van der Waals surface area contributed by atoms with Gasteiger partial charge in [0, 0.05) is 41.0 Å².